The molecule has 0 radical (unpaired) electrons. The first-order valence-electron chi connectivity index (χ1n) is 5.80. The second kappa shape index (κ2) is 6.23. The van der Waals surface area contributed by atoms with Crippen LogP contribution in [-0.4, -0.2) is 31.3 Å². The lowest BCUT2D eigenvalue weighted by atomic mass is 9.87. The molecular formula is C11H18F3NO2. The van der Waals surface area contributed by atoms with Gasteiger partial charge in [0.1, 0.15) is 13.2 Å². The van der Waals surface area contributed by atoms with Crippen molar-refractivity contribution in [2.75, 3.05) is 13.2 Å². The molecule has 1 saturated carbocycles. The van der Waals surface area contributed by atoms with E-state index >= 15 is 0 Å². The molecule has 0 heterocycles. The standard InChI is InChI=1S/C11H18F3NO2/c1-8-2-4-9(5-3-8)15-10(16)6-17-7-11(12,13)14/h8-9H,2-7H2,1H3,(H,15,16). The Labute approximate surface area is 98.7 Å². The summed E-state index contributed by atoms with van der Waals surface area (Å²) in [5, 5.41) is 2.69. The maximum absolute atomic E-state index is 11.8. The smallest absolute Gasteiger partial charge is 0.362 e. The molecule has 0 aromatic carbocycles. The van der Waals surface area contributed by atoms with Gasteiger partial charge in [0.2, 0.25) is 5.91 Å². The number of rotatable bonds is 4. The fraction of sp³-hybridized carbons (Fsp3) is 0.909. The number of amides is 1. The SMILES string of the molecule is CC1CCC(NC(=O)COCC(F)(F)F)CC1. The summed E-state index contributed by atoms with van der Waals surface area (Å²) < 4.78 is 39.5. The quantitative estimate of drug-likeness (QED) is 0.834. The minimum Gasteiger partial charge on any atom is -0.362 e. The van der Waals surface area contributed by atoms with Crippen molar-refractivity contribution in [2.24, 2.45) is 5.92 Å². The zero-order valence-corrected chi connectivity index (χ0v) is 9.85. The number of hydrogen-bond acceptors (Lipinski definition) is 2. The van der Waals surface area contributed by atoms with Crippen LogP contribution in [0, 0.1) is 5.92 Å². The number of carbonyl (C=O) groups is 1. The summed E-state index contributed by atoms with van der Waals surface area (Å²) in [7, 11) is 0. The van der Waals surface area contributed by atoms with Crippen molar-refractivity contribution in [3.8, 4) is 0 Å². The summed E-state index contributed by atoms with van der Waals surface area (Å²) in [6, 6.07) is 0.0909. The predicted molar refractivity (Wildman–Crippen MR) is 56.4 cm³/mol. The molecule has 3 nitrogen and oxygen atoms in total. The number of hydrogen-bond donors (Lipinski definition) is 1. The first-order valence-corrected chi connectivity index (χ1v) is 5.80. The zero-order chi connectivity index (χ0) is 12.9. The van der Waals surface area contributed by atoms with Crippen molar-refractivity contribution in [3.05, 3.63) is 0 Å². The van der Waals surface area contributed by atoms with Crippen LogP contribution < -0.4 is 5.32 Å². The van der Waals surface area contributed by atoms with Gasteiger partial charge < -0.3 is 10.1 Å². The van der Waals surface area contributed by atoms with E-state index in [-0.39, 0.29) is 6.04 Å². The van der Waals surface area contributed by atoms with E-state index in [4.69, 9.17) is 0 Å². The van der Waals surface area contributed by atoms with E-state index < -0.39 is 25.3 Å². The average molecular weight is 253 g/mol. The third-order valence-corrected chi connectivity index (χ3v) is 2.88. The second-order valence-corrected chi connectivity index (χ2v) is 4.63. The van der Waals surface area contributed by atoms with Gasteiger partial charge in [0, 0.05) is 6.04 Å². The molecule has 1 fully saturated rings. The second-order valence-electron chi connectivity index (χ2n) is 4.63. The summed E-state index contributed by atoms with van der Waals surface area (Å²) in [4.78, 5) is 11.3. The Morgan fingerprint density at radius 2 is 1.88 bits per heavy atom. The number of alkyl halides is 3. The minimum absolute atomic E-state index is 0.0909. The van der Waals surface area contributed by atoms with E-state index in [1.165, 1.54) is 0 Å². The van der Waals surface area contributed by atoms with Crippen molar-refractivity contribution in [1.29, 1.82) is 0 Å². The highest BCUT2D eigenvalue weighted by Crippen LogP contribution is 2.23. The van der Waals surface area contributed by atoms with Crippen LogP contribution in [0.15, 0.2) is 0 Å². The number of ether oxygens (including phenoxy) is 1. The molecule has 1 rings (SSSR count). The van der Waals surface area contributed by atoms with E-state index in [9.17, 15) is 18.0 Å². The first kappa shape index (κ1) is 14.3. The molecule has 0 spiro atoms. The fourth-order valence-electron chi connectivity index (χ4n) is 1.93. The molecule has 0 atom stereocenters. The molecule has 17 heavy (non-hydrogen) atoms. The van der Waals surface area contributed by atoms with Crippen LogP contribution in [0.5, 0.6) is 0 Å². The third kappa shape index (κ3) is 6.51. The van der Waals surface area contributed by atoms with Gasteiger partial charge in [-0.25, -0.2) is 0 Å². The van der Waals surface area contributed by atoms with Crippen molar-refractivity contribution in [1.82, 2.24) is 5.32 Å². The van der Waals surface area contributed by atoms with E-state index in [1.54, 1.807) is 0 Å². The highest BCUT2D eigenvalue weighted by molar-refractivity contribution is 5.77. The normalized spacial score (nSPS) is 25.6. The fourth-order valence-corrected chi connectivity index (χ4v) is 1.93. The van der Waals surface area contributed by atoms with Crippen LogP contribution in [0.2, 0.25) is 0 Å². The van der Waals surface area contributed by atoms with E-state index in [0.29, 0.717) is 5.92 Å². The van der Waals surface area contributed by atoms with Crippen LogP contribution >= 0.6 is 0 Å². The van der Waals surface area contributed by atoms with Crippen molar-refractivity contribution < 1.29 is 22.7 Å². The molecule has 0 unspecified atom stereocenters. The van der Waals surface area contributed by atoms with Crippen LogP contribution in [-0.2, 0) is 9.53 Å². The number of nitrogens with one attached hydrogen (secondary N) is 1. The summed E-state index contributed by atoms with van der Waals surface area (Å²) in [6.45, 7) is 0.262. The van der Waals surface area contributed by atoms with Crippen molar-refractivity contribution in [2.45, 2.75) is 44.8 Å². The Kier molecular flexibility index (Phi) is 5.24. The van der Waals surface area contributed by atoms with E-state index in [1.807, 2.05) is 0 Å². The number of carbonyl (C=O) groups excluding carboxylic acids is 1. The molecule has 1 N–H and O–H groups in total. The van der Waals surface area contributed by atoms with Gasteiger partial charge in [-0.05, 0) is 31.6 Å². The van der Waals surface area contributed by atoms with Crippen LogP contribution in [0.4, 0.5) is 13.2 Å². The summed E-state index contributed by atoms with van der Waals surface area (Å²) in [5.74, 6) is 0.207. The Hall–Kier alpha value is -0.780. The molecular weight excluding hydrogens is 235 g/mol. The lowest BCUT2D eigenvalue weighted by Gasteiger charge is -2.26. The highest BCUT2D eigenvalue weighted by Gasteiger charge is 2.28. The summed E-state index contributed by atoms with van der Waals surface area (Å²) in [6.07, 6.45) is -0.485. The van der Waals surface area contributed by atoms with Crippen LogP contribution in [0.1, 0.15) is 32.6 Å². The summed E-state index contributed by atoms with van der Waals surface area (Å²) >= 11 is 0. The van der Waals surface area contributed by atoms with E-state index in [0.717, 1.165) is 25.7 Å². The molecule has 0 aromatic rings. The van der Waals surface area contributed by atoms with Gasteiger partial charge in [-0.2, -0.15) is 13.2 Å². The maximum Gasteiger partial charge on any atom is 0.411 e. The molecule has 1 aliphatic carbocycles. The van der Waals surface area contributed by atoms with Gasteiger partial charge in [0.05, 0.1) is 0 Å². The van der Waals surface area contributed by atoms with E-state index in [2.05, 4.69) is 17.0 Å². The lowest BCUT2D eigenvalue weighted by molar-refractivity contribution is -0.175. The molecule has 0 saturated heterocycles. The highest BCUT2D eigenvalue weighted by atomic mass is 19.4. The predicted octanol–water partition coefficient (Wildman–Crippen LogP) is 2.26. The number of halogens is 3. The van der Waals surface area contributed by atoms with Gasteiger partial charge in [0.25, 0.3) is 0 Å². The Bertz CT molecular complexity index is 248. The monoisotopic (exact) mass is 253 g/mol. The van der Waals surface area contributed by atoms with Gasteiger partial charge >= 0.3 is 6.18 Å². The van der Waals surface area contributed by atoms with Gasteiger partial charge in [-0.3, -0.25) is 4.79 Å². The Balaban J connectivity index is 2.13. The van der Waals surface area contributed by atoms with Crippen LogP contribution in [0.25, 0.3) is 0 Å². The van der Waals surface area contributed by atoms with Gasteiger partial charge in [-0.15, -0.1) is 0 Å². The summed E-state index contributed by atoms with van der Waals surface area (Å²) in [5.41, 5.74) is 0. The Morgan fingerprint density at radius 1 is 1.29 bits per heavy atom. The van der Waals surface area contributed by atoms with Crippen LogP contribution in [0.3, 0.4) is 0 Å². The largest absolute Gasteiger partial charge is 0.411 e. The first-order chi connectivity index (χ1) is 7.87. The molecule has 100 valence electrons. The zero-order valence-electron chi connectivity index (χ0n) is 9.85. The molecule has 0 aromatic heterocycles. The maximum atomic E-state index is 11.8. The van der Waals surface area contributed by atoms with Crippen molar-refractivity contribution >= 4 is 5.91 Å². The molecule has 6 heteroatoms. The molecule has 0 aliphatic heterocycles. The lowest BCUT2D eigenvalue weighted by Crippen LogP contribution is -2.39. The topological polar surface area (TPSA) is 38.3 Å². The molecule has 1 amide bonds. The van der Waals surface area contributed by atoms with Crippen molar-refractivity contribution in [3.63, 3.8) is 0 Å². The minimum atomic E-state index is -4.37. The Morgan fingerprint density at radius 3 is 2.41 bits per heavy atom. The van der Waals surface area contributed by atoms with Gasteiger partial charge in [0.15, 0.2) is 0 Å². The third-order valence-electron chi connectivity index (χ3n) is 2.88. The molecule has 0 bridgehead atoms. The molecule has 1 aliphatic rings. The van der Waals surface area contributed by atoms with Gasteiger partial charge in [-0.1, -0.05) is 6.92 Å². The average Bonchev–Trinajstić information content (AvgIpc) is 2.19.